The SMILES string of the molecule is CC(C)C1CCC2CCCC[C@@]21CO. The third-order valence-electron chi connectivity index (χ3n) is 4.92. The molecule has 0 amide bonds. The third kappa shape index (κ3) is 1.41. The summed E-state index contributed by atoms with van der Waals surface area (Å²) in [5, 5.41) is 9.77. The van der Waals surface area contributed by atoms with Crippen LogP contribution in [-0.4, -0.2) is 11.7 Å². The van der Waals surface area contributed by atoms with Gasteiger partial charge in [-0.25, -0.2) is 0 Å². The normalized spacial score (nSPS) is 42.9. The zero-order chi connectivity index (χ0) is 10.2. The standard InChI is InChI=1S/C13H24O/c1-10(2)12-7-6-11-5-3-4-8-13(11,12)9-14/h10-12,14H,3-9H2,1-2H3/t11?,12?,13-/m1/s1. The Morgan fingerprint density at radius 2 is 2.00 bits per heavy atom. The van der Waals surface area contributed by atoms with Crippen LogP contribution in [0.3, 0.4) is 0 Å². The first-order chi connectivity index (χ1) is 6.70. The molecule has 0 aromatic rings. The van der Waals surface area contributed by atoms with Crippen LogP contribution in [0.15, 0.2) is 0 Å². The Kier molecular flexibility index (Phi) is 2.88. The third-order valence-corrected chi connectivity index (χ3v) is 4.92. The second-order valence-electron chi connectivity index (χ2n) is 5.76. The lowest BCUT2D eigenvalue weighted by Crippen LogP contribution is -2.40. The average Bonchev–Trinajstić information content (AvgIpc) is 2.57. The molecule has 2 unspecified atom stereocenters. The van der Waals surface area contributed by atoms with Gasteiger partial charge in [0.25, 0.3) is 0 Å². The van der Waals surface area contributed by atoms with Crippen LogP contribution in [0.1, 0.15) is 52.4 Å². The second-order valence-corrected chi connectivity index (χ2v) is 5.76. The number of rotatable bonds is 2. The maximum atomic E-state index is 9.77. The van der Waals surface area contributed by atoms with Crippen molar-refractivity contribution in [1.82, 2.24) is 0 Å². The van der Waals surface area contributed by atoms with Crippen molar-refractivity contribution >= 4 is 0 Å². The van der Waals surface area contributed by atoms with Crippen LogP contribution in [0.4, 0.5) is 0 Å². The van der Waals surface area contributed by atoms with E-state index >= 15 is 0 Å². The summed E-state index contributed by atoms with van der Waals surface area (Å²) in [7, 11) is 0. The molecule has 1 heteroatoms. The van der Waals surface area contributed by atoms with Gasteiger partial charge in [-0.05, 0) is 48.9 Å². The van der Waals surface area contributed by atoms with Crippen molar-refractivity contribution < 1.29 is 5.11 Å². The van der Waals surface area contributed by atoms with Gasteiger partial charge in [0.2, 0.25) is 0 Å². The molecule has 1 nitrogen and oxygen atoms in total. The summed E-state index contributed by atoms with van der Waals surface area (Å²) in [5.74, 6) is 2.39. The first-order valence-electron chi connectivity index (χ1n) is 6.31. The molecule has 2 aliphatic carbocycles. The quantitative estimate of drug-likeness (QED) is 0.719. The smallest absolute Gasteiger partial charge is 0.0492 e. The lowest BCUT2D eigenvalue weighted by Gasteiger charge is -2.44. The summed E-state index contributed by atoms with van der Waals surface area (Å²) in [6.07, 6.45) is 8.16. The number of fused-ring (bicyclic) bond motifs is 1. The van der Waals surface area contributed by atoms with Crippen molar-refractivity contribution in [2.75, 3.05) is 6.61 Å². The molecule has 2 saturated carbocycles. The molecule has 14 heavy (non-hydrogen) atoms. The second kappa shape index (κ2) is 3.84. The van der Waals surface area contributed by atoms with Gasteiger partial charge in [0.1, 0.15) is 0 Å². The molecule has 82 valence electrons. The largest absolute Gasteiger partial charge is 0.396 e. The van der Waals surface area contributed by atoms with Crippen LogP contribution < -0.4 is 0 Å². The molecular weight excluding hydrogens is 172 g/mol. The highest BCUT2D eigenvalue weighted by Crippen LogP contribution is 2.57. The highest BCUT2D eigenvalue weighted by molar-refractivity contribution is 5.00. The van der Waals surface area contributed by atoms with E-state index in [9.17, 15) is 5.11 Å². The lowest BCUT2D eigenvalue weighted by molar-refractivity contribution is -0.00674. The zero-order valence-electron chi connectivity index (χ0n) is 9.63. The van der Waals surface area contributed by atoms with Crippen LogP contribution in [0.25, 0.3) is 0 Å². The Balaban J connectivity index is 2.21. The van der Waals surface area contributed by atoms with E-state index in [1.54, 1.807) is 0 Å². The fourth-order valence-electron chi connectivity index (χ4n) is 4.25. The summed E-state index contributed by atoms with van der Waals surface area (Å²) < 4.78 is 0. The predicted molar refractivity (Wildman–Crippen MR) is 59.0 cm³/mol. The summed E-state index contributed by atoms with van der Waals surface area (Å²) in [6.45, 7) is 5.11. The molecule has 0 aromatic heterocycles. The molecule has 3 atom stereocenters. The number of hydrogen-bond donors (Lipinski definition) is 1. The first kappa shape index (κ1) is 10.5. The summed E-state index contributed by atoms with van der Waals surface area (Å²) in [4.78, 5) is 0. The molecule has 2 fully saturated rings. The van der Waals surface area contributed by atoms with E-state index in [0.29, 0.717) is 12.0 Å². The summed E-state index contributed by atoms with van der Waals surface area (Å²) in [5.41, 5.74) is 0.326. The van der Waals surface area contributed by atoms with Crippen LogP contribution in [0.5, 0.6) is 0 Å². The van der Waals surface area contributed by atoms with Gasteiger partial charge in [-0.3, -0.25) is 0 Å². The van der Waals surface area contributed by atoms with Crippen LogP contribution in [0, 0.1) is 23.2 Å². The van der Waals surface area contributed by atoms with Crippen molar-refractivity contribution in [2.45, 2.75) is 52.4 Å². The number of aliphatic hydroxyl groups is 1. The molecule has 0 heterocycles. The lowest BCUT2D eigenvalue weighted by atomic mass is 9.62. The molecule has 2 aliphatic rings. The molecule has 0 radical (unpaired) electrons. The van der Waals surface area contributed by atoms with Gasteiger partial charge in [-0.15, -0.1) is 0 Å². The van der Waals surface area contributed by atoms with E-state index in [2.05, 4.69) is 13.8 Å². The molecule has 1 N–H and O–H groups in total. The van der Waals surface area contributed by atoms with E-state index in [-0.39, 0.29) is 0 Å². The van der Waals surface area contributed by atoms with E-state index in [1.807, 2.05) is 0 Å². The van der Waals surface area contributed by atoms with Crippen molar-refractivity contribution in [1.29, 1.82) is 0 Å². The van der Waals surface area contributed by atoms with Crippen LogP contribution in [0.2, 0.25) is 0 Å². The molecule has 0 saturated heterocycles. The summed E-state index contributed by atoms with van der Waals surface area (Å²) >= 11 is 0. The minimum absolute atomic E-state index is 0.326. The molecule has 2 rings (SSSR count). The van der Waals surface area contributed by atoms with Gasteiger partial charge in [0.15, 0.2) is 0 Å². The monoisotopic (exact) mass is 196 g/mol. The first-order valence-corrected chi connectivity index (χ1v) is 6.31. The highest BCUT2D eigenvalue weighted by atomic mass is 16.3. The van der Waals surface area contributed by atoms with Crippen LogP contribution in [-0.2, 0) is 0 Å². The Labute approximate surface area is 87.9 Å². The predicted octanol–water partition coefficient (Wildman–Crippen LogP) is 3.22. The van der Waals surface area contributed by atoms with Gasteiger partial charge in [0.05, 0.1) is 0 Å². The molecule has 0 aliphatic heterocycles. The molecule has 0 aromatic carbocycles. The minimum Gasteiger partial charge on any atom is -0.396 e. The van der Waals surface area contributed by atoms with Crippen molar-refractivity contribution in [3.63, 3.8) is 0 Å². The van der Waals surface area contributed by atoms with Gasteiger partial charge in [-0.2, -0.15) is 0 Å². The number of hydrogen-bond acceptors (Lipinski definition) is 1. The van der Waals surface area contributed by atoms with E-state index in [0.717, 1.165) is 17.8 Å². The molecule has 0 spiro atoms. The maximum absolute atomic E-state index is 9.77. The van der Waals surface area contributed by atoms with Crippen molar-refractivity contribution in [3.05, 3.63) is 0 Å². The van der Waals surface area contributed by atoms with E-state index in [4.69, 9.17) is 0 Å². The maximum Gasteiger partial charge on any atom is 0.0492 e. The van der Waals surface area contributed by atoms with Gasteiger partial charge in [-0.1, -0.05) is 26.7 Å². The van der Waals surface area contributed by atoms with Crippen molar-refractivity contribution in [2.24, 2.45) is 23.2 Å². The minimum atomic E-state index is 0.326. The highest BCUT2D eigenvalue weighted by Gasteiger charge is 2.50. The Hall–Kier alpha value is -0.0400. The zero-order valence-corrected chi connectivity index (χ0v) is 9.63. The Morgan fingerprint density at radius 1 is 1.21 bits per heavy atom. The van der Waals surface area contributed by atoms with E-state index < -0.39 is 0 Å². The average molecular weight is 196 g/mol. The fraction of sp³-hybridized carbons (Fsp3) is 1.00. The Bertz CT molecular complexity index is 199. The van der Waals surface area contributed by atoms with Gasteiger partial charge >= 0.3 is 0 Å². The Morgan fingerprint density at radius 3 is 2.64 bits per heavy atom. The summed E-state index contributed by atoms with van der Waals surface area (Å²) in [6, 6.07) is 0. The molecule has 0 bridgehead atoms. The number of aliphatic hydroxyl groups excluding tert-OH is 1. The topological polar surface area (TPSA) is 20.2 Å². The van der Waals surface area contributed by atoms with Crippen molar-refractivity contribution in [3.8, 4) is 0 Å². The van der Waals surface area contributed by atoms with E-state index in [1.165, 1.54) is 38.5 Å². The molecular formula is C13H24O. The van der Waals surface area contributed by atoms with Crippen LogP contribution >= 0.6 is 0 Å². The van der Waals surface area contributed by atoms with Gasteiger partial charge in [0, 0.05) is 6.61 Å². The fourth-order valence-corrected chi connectivity index (χ4v) is 4.25. The van der Waals surface area contributed by atoms with Gasteiger partial charge < -0.3 is 5.11 Å².